The molecular weight excluding hydrogens is 417 g/mol. The Labute approximate surface area is 190 Å². The van der Waals surface area contributed by atoms with Crippen molar-refractivity contribution in [3.05, 3.63) is 95.5 Å². The molecule has 0 bridgehead atoms. The molecule has 0 aliphatic carbocycles. The lowest BCUT2D eigenvalue weighted by Crippen LogP contribution is -2.24. The fourth-order valence-electron chi connectivity index (χ4n) is 4.23. The average Bonchev–Trinajstić information content (AvgIpc) is 3.50. The second-order valence-corrected chi connectivity index (χ2v) is 9.21. The van der Waals surface area contributed by atoms with Gasteiger partial charge in [-0.05, 0) is 62.6 Å². The number of pyridine rings is 1. The predicted octanol–water partition coefficient (Wildman–Crippen LogP) is 4.70. The van der Waals surface area contributed by atoms with E-state index in [-0.39, 0.29) is 5.82 Å². The molecule has 8 heteroatoms. The first kappa shape index (κ1) is 20.9. The number of tetrazole rings is 1. The first-order chi connectivity index (χ1) is 15.8. The molecule has 3 heterocycles. The number of nitrogens with zero attached hydrogens (tertiary/aromatic N) is 6. The van der Waals surface area contributed by atoms with Gasteiger partial charge < -0.3 is 0 Å². The monoisotopic (exact) mass is 441 g/mol. The molecule has 33 heavy (non-hydrogen) atoms. The average molecular weight is 442 g/mol. The van der Waals surface area contributed by atoms with Gasteiger partial charge in [-0.1, -0.05) is 47.7 Å². The van der Waals surface area contributed by atoms with Gasteiger partial charge in [0.15, 0.2) is 11.5 Å². The van der Waals surface area contributed by atoms with Crippen LogP contribution in [0.1, 0.15) is 50.5 Å². The van der Waals surface area contributed by atoms with E-state index >= 15 is 0 Å². The minimum atomic E-state index is -0.499. The van der Waals surface area contributed by atoms with E-state index in [4.69, 9.17) is 0 Å². The van der Waals surface area contributed by atoms with Crippen molar-refractivity contribution in [2.24, 2.45) is 0 Å². The number of rotatable bonds is 5. The molecule has 166 valence electrons. The van der Waals surface area contributed by atoms with E-state index < -0.39 is 10.8 Å². The van der Waals surface area contributed by atoms with Crippen molar-refractivity contribution in [1.82, 2.24) is 35.2 Å². The van der Waals surface area contributed by atoms with Crippen molar-refractivity contribution in [2.75, 3.05) is 0 Å². The molecule has 0 atom stereocenters. The molecule has 5 rings (SSSR count). The maximum atomic E-state index is 13.3. The van der Waals surface area contributed by atoms with Gasteiger partial charge in [-0.3, -0.25) is 4.40 Å². The van der Waals surface area contributed by atoms with E-state index in [2.05, 4.69) is 68.9 Å². The molecule has 7 nitrogen and oxygen atoms in total. The van der Waals surface area contributed by atoms with E-state index in [0.29, 0.717) is 5.82 Å². The minimum absolute atomic E-state index is 0.239. The van der Waals surface area contributed by atoms with Crippen LogP contribution in [0, 0.1) is 5.82 Å². The molecule has 0 amide bonds. The highest BCUT2D eigenvalue weighted by atomic mass is 19.1. The van der Waals surface area contributed by atoms with E-state index in [9.17, 15) is 4.39 Å². The molecule has 0 unspecified atom stereocenters. The summed E-state index contributed by atoms with van der Waals surface area (Å²) in [6.45, 7) is 8.35. The highest BCUT2D eigenvalue weighted by Gasteiger charge is 2.34. The van der Waals surface area contributed by atoms with Crippen LogP contribution in [0.5, 0.6) is 0 Å². The molecule has 1 N–H and O–H groups in total. The predicted molar refractivity (Wildman–Crippen MR) is 123 cm³/mol. The number of hydrogen-bond acceptors (Lipinski definition) is 5. The Morgan fingerprint density at radius 3 is 2.09 bits per heavy atom. The Balaban J connectivity index is 1.54. The number of benzene rings is 2. The smallest absolute Gasteiger partial charge is 0.184 e. The van der Waals surface area contributed by atoms with Crippen LogP contribution in [0.3, 0.4) is 0 Å². The van der Waals surface area contributed by atoms with E-state index in [1.807, 2.05) is 36.6 Å². The second kappa shape index (κ2) is 7.58. The van der Waals surface area contributed by atoms with Gasteiger partial charge >= 0.3 is 0 Å². The molecule has 0 aliphatic heterocycles. The topological polar surface area (TPSA) is 84.7 Å². The van der Waals surface area contributed by atoms with Gasteiger partial charge in [0.1, 0.15) is 11.6 Å². The first-order valence-electron chi connectivity index (χ1n) is 10.7. The Kier molecular flexibility index (Phi) is 4.81. The zero-order valence-corrected chi connectivity index (χ0v) is 18.9. The lowest BCUT2D eigenvalue weighted by Gasteiger charge is -2.25. The zero-order valence-electron chi connectivity index (χ0n) is 18.9. The number of hydrogen-bond donors (Lipinski definition) is 1. The van der Waals surface area contributed by atoms with Gasteiger partial charge in [-0.15, -0.1) is 20.4 Å². The summed E-state index contributed by atoms with van der Waals surface area (Å²) >= 11 is 0. The third-order valence-electron chi connectivity index (χ3n) is 6.36. The lowest BCUT2D eigenvalue weighted by atomic mass is 9.82. The third kappa shape index (κ3) is 3.47. The summed E-state index contributed by atoms with van der Waals surface area (Å²) in [7, 11) is 0. The largest absolute Gasteiger partial charge is 0.285 e. The molecule has 0 saturated heterocycles. The standard InChI is InChI=1S/C25H24FN7/c1-24(2,18-11-7-16(8-12-18)17-9-13-19(26)14-10-17)23-30-27-21-20(6-5-15-33(21)23)25(3,4)22-28-31-32-29-22/h5-15H,1-4H3,(H,28,29,31,32). The van der Waals surface area contributed by atoms with Crippen molar-refractivity contribution in [1.29, 1.82) is 0 Å². The number of aromatic nitrogens is 7. The van der Waals surface area contributed by atoms with Crippen LogP contribution in [0.2, 0.25) is 0 Å². The summed E-state index contributed by atoms with van der Waals surface area (Å²) in [4.78, 5) is 0. The van der Waals surface area contributed by atoms with E-state index in [1.54, 1.807) is 12.1 Å². The quantitative estimate of drug-likeness (QED) is 0.427. The van der Waals surface area contributed by atoms with Crippen LogP contribution in [0.25, 0.3) is 16.8 Å². The molecule has 0 fully saturated rings. The number of H-pyrrole nitrogens is 1. The Morgan fingerprint density at radius 1 is 0.788 bits per heavy atom. The number of nitrogens with one attached hydrogen (secondary N) is 1. The molecule has 3 aromatic heterocycles. The first-order valence-corrected chi connectivity index (χ1v) is 10.7. The van der Waals surface area contributed by atoms with Crippen LogP contribution in [-0.2, 0) is 10.8 Å². The zero-order chi connectivity index (χ0) is 23.2. The molecule has 0 aliphatic rings. The highest BCUT2D eigenvalue weighted by Crippen LogP contribution is 2.35. The number of aromatic amines is 1. The summed E-state index contributed by atoms with van der Waals surface area (Å²) in [5.74, 6) is 1.19. The molecule has 5 aromatic rings. The van der Waals surface area contributed by atoms with Crippen molar-refractivity contribution in [2.45, 2.75) is 38.5 Å². The van der Waals surface area contributed by atoms with Gasteiger partial charge in [-0.25, -0.2) is 4.39 Å². The van der Waals surface area contributed by atoms with Gasteiger partial charge in [0.25, 0.3) is 0 Å². The summed E-state index contributed by atoms with van der Waals surface area (Å²) in [5.41, 5.74) is 3.93. The minimum Gasteiger partial charge on any atom is -0.285 e. The van der Waals surface area contributed by atoms with E-state index in [0.717, 1.165) is 33.7 Å². The van der Waals surface area contributed by atoms with Crippen LogP contribution in [-0.4, -0.2) is 35.2 Å². The van der Waals surface area contributed by atoms with Crippen molar-refractivity contribution < 1.29 is 4.39 Å². The van der Waals surface area contributed by atoms with Crippen LogP contribution in [0.4, 0.5) is 4.39 Å². The number of fused-ring (bicyclic) bond motifs is 1. The second-order valence-electron chi connectivity index (χ2n) is 9.21. The summed E-state index contributed by atoms with van der Waals surface area (Å²) in [6.07, 6.45) is 1.98. The molecular formula is C25H24FN7. The van der Waals surface area contributed by atoms with Crippen LogP contribution in [0.15, 0.2) is 66.9 Å². The SMILES string of the molecule is CC(C)(c1nn[nH]n1)c1cccn2c(C(C)(C)c3ccc(-c4ccc(F)cc4)cc3)nnc12. The highest BCUT2D eigenvalue weighted by molar-refractivity contribution is 5.64. The van der Waals surface area contributed by atoms with Gasteiger partial charge in [0, 0.05) is 11.8 Å². The van der Waals surface area contributed by atoms with Crippen LogP contribution >= 0.6 is 0 Å². The summed E-state index contributed by atoms with van der Waals surface area (Å²) < 4.78 is 15.3. The molecule has 2 aromatic carbocycles. The fraction of sp³-hybridized carbons (Fsp3) is 0.240. The Bertz CT molecular complexity index is 1400. The summed E-state index contributed by atoms with van der Waals surface area (Å²) in [6, 6.07) is 18.8. The maximum Gasteiger partial charge on any atom is 0.184 e. The van der Waals surface area contributed by atoms with E-state index in [1.165, 1.54) is 12.1 Å². The Morgan fingerprint density at radius 2 is 1.45 bits per heavy atom. The maximum absolute atomic E-state index is 13.3. The fourth-order valence-corrected chi connectivity index (χ4v) is 4.23. The van der Waals surface area contributed by atoms with Gasteiger partial charge in [0.2, 0.25) is 0 Å². The van der Waals surface area contributed by atoms with Gasteiger partial charge in [-0.2, -0.15) is 5.21 Å². The normalized spacial score (nSPS) is 12.4. The molecule has 0 saturated carbocycles. The van der Waals surface area contributed by atoms with Crippen LogP contribution < -0.4 is 0 Å². The summed E-state index contributed by atoms with van der Waals surface area (Å²) in [5, 5.41) is 23.8. The Hall–Kier alpha value is -3.94. The lowest BCUT2D eigenvalue weighted by molar-refractivity contribution is 0.578. The van der Waals surface area contributed by atoms with Crippen molar-refractivity contribution >= 4 is 5.65 Å². The van der Waals surface area contributed by atoms with Crippen molar-refractivity contribution in [3.8, 4) is 11.1 Å². The molecule has 0 spiro atoms. The number of halogens is 1. The van der Waals surface area contributed by atoms with Crippen molar-refractivity contribution in [3.63, 3.8) is 0 Å². The molecule has 0 radical (unpaired) electrons. The third-order valence-corrected chi connectivity index (χ3v) is 6.36. The van der Waals surface area contributed by atoms with Gasteiger partial charge in [0.05, 0.1) is 10.8 Å².